The molecule has 1 aliphatic rings. The van der Waals surface area contributed by atoms with Gasteiger partial charge in [0.15, 0.2) is 0 Å². The van der Waals surface area contributed by atoms with Crippen LogP contribution >= 0.6 is 0 Å². The van der Waals surface area contributed by atoms with Gasteiger partial charge in [-0.3, -0.25) is 14.9 Å². The molecule has 0 spiro atoms. The number of quaternary nitrogens is 1. The number of aromatic hydroxyl groups is 2. The molecule has 3 aromatic rings. The number of para-hydroxylation sites is 3. The monoisotopic (exact) mass is 443 g/mol. The maximum atomic E-state index is 10.9. The average molecular weight is 444 g/mol. The van der Waals surface area contributed by atoms with Gasteiger partial charge in [0, 0.05) is 48.8 Å². The Hall–Kier alpha value is -3.48. The van der Waals surface area contributed by atoms with Crippen LogP contribution in [0.4, 0.5) is 11.4 Å². The lowest BCUT2D eigenvalue weighted by Gasteiger charge is -2.30. The Kier molecular flexibility index (Phi) is 7.17. The number of likely N-dealkylation sites (N-methyl/N-ethyl adjacent to an activating group) is 1. The maximum Gasteiger partial charge on any atom is 0.128 e. The van der Waals surface area contributed by atoms with Crippen molar-refractivity contribution in [2.45, 2.75) is 13.5 Å². The predicted molar refractivity (Wildman–Crippen MR) is 134 cm³/mol. The molecule has 1 saturated heterocycles. The Morgan fingerprint density at radius 1 is 0.879 bits per heavy atom. The van der Waals surface area contributed by atoms with Crippen LogP contribution < -0.4 is 4.90 Å². The first-order chi connectivity index (χ1) is 16.0. The number of hydrogen-bond donors (Lipinski definition) is 3. The van der Waals surface area contributed by atoms with Crippen molar-refractivity contribution in [1.82, 2.24) is 4.90 Å². The molecule has 170 valence electrons. The second kappa shape index (κ2) is 10.4. The van der Waals surface area contributed by atoms with Gasteiger partial charge in [0.1, 0.15) is 11.5 Å². The molecule has 0 unspecified atom stereocenters. The third-order valence-corrected chi connectivity index (χ3v) is 5.97. The van der Waals surface area contributed by atoms with Crippen LogP contribution in [0.25, 0.3) is 0 Å². The largest absolute Gasteiger partial charge is 0.507 e. The molecule has 3 aromatic carbocycles. The van der Waals surface area contributed by atoms with Crippen LogP contribution in [0, 0.1) is 6.92 Å². The Labute approximate surface area is 195 Å². The highest BCUT2D eigenvalue weighted by Crippen LogP contribution is 2.30. The lowest BCUT2D eigenvalue weighted by molar-refractivity contribution is -0.884. The second-order valence-electron chi connectivity index (χ2n) is 8.66. The standard InChI is InChI=1S/C27H30N4O2/c1-20-15-22(27(33)23(16-20)19-31-13-11-30(2)12-14-31)18-29-25-9-5-4-8-24(25)28-17-21-7-3-6-10-26(21)32/h3-10,15-18,32-33H,11-14,19H2,1-2H3/p+1. The minimum absolute atomic E-state index is 0.182. The highest BCUT2D eigenvalue weighted by molar-refractivity contribution is 5.89. The number of phenolic OH excluding ortho intramolecular Hbond substituents is 2. The minimum atomic E-state index is 0.182. The van der Waals surface area contributed by atoms with Gasteiger partial charge >= 0.3 is 0 Å². The smallest absolute Gasteiger partial charge is 0.128 e. The summed E-state index contributed by atoms with van der Waals surface area (Å²) in [6.45, 7) is 7.09. The first-order valence-electron chi connectivity index (χ1n) is 11.3. The van der Waals surface area contributed by atoms with Gasteiger partial charge in [-0.2, -0.15) is 0 Å². The first kappa shape index (κ1) is 22.7. The molecular formula is C27H31N4O2+. The van der Waals surface area contributed by atoms with Gasteiger partial charge in [-0.15, -0.1) is 0 Å². The normalized spacial score (nSPS) is 15.6. The molecule has 0 bridgehead atoms. The number of rotatable bonds is 6. The van der Waals surface area contributed by atoms with Gasteiger partial charge in [-0.25, -0.2) is 0 Å². The number of benzene rings is 3. The van der Waals surface area contributed by atoms with Crippen LogP contribution in [0.1, 0.15) is 22.3 Å². The van der Waals surface area contributed by atoms with E-state index in [0.29, 0.717) is 22.5 Å². The summed E-state index contributed by atoms with van der Waals surface area (Å²) in [5, 5.41) is 20.9. The molecule has 1 fully saturated rings. The van der Waals surface area contributed by atoms with Crippen LogP contribution in [0.5, 0.6) is 11.5 Å². The molecule has 6 nitrogen and oxygen atoms in total. The maximum absolute atomic E-state index is 10.9. The van der Waals surface area contributed by atoms with Crippen LogP contribution in [-0.4, -0.2) is 60.8 Å². The molecule has 4 rings (SSSR count). The molecular weight excluding hydrogens is 412 g/mol. The van der Waals surface area contributed by atoms with Gasteiger partial charge < -0.3 is 15.1 Å². The van der Waals surface area contributed by atoms with Crippen molar-refractivity contribution in [3.63, 3.8) is 0 Å². The lowest BCUT2D eigenvalue weighted by Crippen LogP contribution is -3.11. The lowest BCUT2D eigenvalue weighted by atomic mass is 10.0. The SMILES string of the molecule is Cc1cc(C=Nc2ccccc2N=Cc2ccccc2O)c(O)c(CN2CC[NH+](C)CC2)c1. The highest BCUT2D eigenvalue weighted by atomic mass is 16.3. The van der Waals surface area contributed by atoms with E-state index in [0.717, 1.165) is 43.9 Å². The van der Waals surface area contributed by atoms with Crippen molar-refractivity contribution in [3.05, 3.63) is 82.9 Å². The van der Waals surface area contributed by atoms with E-state index < -0.39 is 0 Å². The summed E-state index contributed by atoms with van der Waals surface area (Å²) >= 11 is 0. The van der Waals surface area contributed by atoms with Crippen molar-refractivity contribution < 1.29 is 15.1 Å². The second-order valence-corrected chi connectivity index (χ2v) is 8.66. The van der Waals surface area contributed by atoms with Crippen molar-refractivity contribution in [2.24, 2.45) is 9.98 Å². The molecule has 33 heavy (non-hydrogen) atoms. The molecule has 0 aromatic heterocycles. The van der Waals surface area contributed by atoms with Crippen molar-refractivity contribution in [1.29, 1.82) is 0 Å². The molecule has 0 aliphatic carbocycles. The number of nitrogens with zero attached hydrogens (tertiary/aromatic N) is 3. The summed E-state index contributed by atoms with van der Waals surface area (Å²) in [4.78, 5) is 13.1. The Bertz CT molecular complexity index is 1160. The molecule has 0 atom stereocenters. The van der Waals surface area contributed by atoms with Gasteiger partial charge in [0.25, 0.3) is 0 Å². The fourth-order valence-corrected chi connectivity index (χ4v) is 3.99. The van der Waals surface area contributed by atoms with Gasteiger partial charge in [0.2, 0.25) is 0 Å². The number of piperazine rings is 1. The van der Waals surface area contributed by atoms with E-state index >= 15 is 0 Å². The zero-order chi connectivity index (χ0) is 23.2. The summed E-state index contributed by atoms with van der Waals surface area (Å²) in [6.07, 6.45) is 3.33. The summed E-state index contributed by atoms with van der Waals surface area (Å²) in [5.41, 5.74) is 4.74. The van der Waals surface area contributed by atoms with E-state index in [-0.39, 0.29) is 11.5 Å². The Balaban J connectivity index is 1.56. The topological polar surface area (TPSA) is 72.9 Å². The fraction of sp³-hybridized carbons (Fsp3) is 0.259. The fourth-order valence-electron chi connectivity index (χ4n) is 3.99. The van der Waals surface area contributed by atoms with E-state index in [1.807, 2.05) is 43.3 Å². The predicted octanol–water partition coefficient (Wildman–Crippen LogP) is 3.24. The third kappa shape index (κ3) is 5.86. The molecule has 3 N–H and O–H groups in total. The Morgan fingerprint density at radius 2 is 1.48 bits per heavy atom. The summed E-state index contributed by atoms with van der Waals surface area (Å²) in [7, 11) is 2.22. The average Bonchev–Trinajstić information content (AvgIpc) is 2.81. The zero-order valence-electron chi connectivity index (χ0n) is 19.2. The van der Waals surface area contributed by atoms with E-state index in [1.165, 1.54) is 0 Å². The summed E-state index contributed by atoms with van der Waals surface area (Å²) in [5.74, 6) is 0.465. The van der Waals surface area contributed by atoms with Crippen LogP contribution in [-0.2, 0) is 6.54 Å². The summed E-state index contributed by atoms with van der Waals surface area (Å²) in [6, 6.07) is 18.6. The molecule has 1 heterocycles. The first-order valence-corrected chi connectivity index (χ1v) is 11.3. The van der Waals surface area contributed by atoms with Crippen LogP contribution in [0.3, 0.4) is 0 Å². The van der Waals surface area contributed by atoms with E-state index in [9.17, 15) is 10.2 Å². The number of hydrogen-bond acceptors (Lipinski definition) is 5. The van der Waals surface area contributed by atoms with Crippen LogP contribution in [0.15, 0.2) is 70.6 Å². The number of aryl methyl sites for hydroxylation is 1. The number of phenols is 2. The third-order valence-electron chi connectivity index (χ3n) is 5.97. The highest BCUT2D eigenvalue weighted by Gasteiger charge is 2.18. The molecule has 0 radical (unpaired) electrons. The molecule has 0 amide bonds. The van der Waals surface area contributed by atoms with Crippen LogP contribution in [0.2, 0.25) is 0 Å². The number of nitrogens with one attached hydrogen (secondary N) is 1. The van der Waals surface area contributed by atoms with Gasteiger partial charge in [0.05, 0.1) is 31.5 Å². The molecule has 0 saturated carbocycles. The van der Waals surface area contributed by atoms with Crippen molar-refractivity contribution >= 4 is 23.8 Å². The zero-order valence-corrected chi connectivity index (χ0v) is 19.2. The summed E-state index contributed by atoms with van der Waals surface area (Å²) < 4.78 is 0. The molecule has 6 heteroatoms. The van der Waals surface area contributed by atoms with Gasteiger partial charge in [-0.05, 0) is 42.8 Å². The van der Waals surface area contributed by atoms with Crippen molar-refractivity contribution in [3.8, 4) is 11.5 Å². The van der Waals surface area contributed by atoms with E-state index in [4.69, 9.17) is 0 Å². The number of aliphatic imine (C=N–C) groups is 2. The minimum Gasteiger partial charge on any atom is -0.507 e. The Morgan fingerprint density at radius 3 is 2.15 bits per heavy atom. The quantitative estimate of drug-likeness (QED) is 0.512. The van der Waals surface area contributed by atoms with E-state index in [2.05, 4.69) is 28.0 Å². The van der Waals surface area contributed by atoms with Gasteiger partial charge in [-0.1, -0.05) is 30.3 Å². The van der Waals surface area contributed by atoms with Crippen molar-refractivity contribution in [2.75, 3.05) is 33.2 Å². The van der Waals surface area contributed by atoms with E-state index in [1.54, 1.807) is 35.5 Å². The molecule has 1 aliphatic heterocycles.